The molecule has 1 aromatic carbocycles. The summed E-state index contributed by atoms with van der Waals surface area (Å²) in [5.41, 5.74) is 2.53. The van der Waals surface area contributed by atoms with Gasteiger partial charge in [-0.25, -0.2) is 9.78 Å². The van der Waals surface area contributed by atoms with Gasteiger partial charge in [-0.15, -0.1) is 0 Å². The van der Waals surface area contributed by atoms with Gasteiger partial charge in [-0.1, -0.05) is 78.0 Å². The maximum atomic E-state index is 13.3. The van der Waals surface area contributed by atoms with Gasteiger partial charge < -0.3 is 8.85 Å². The van der Waals surface area contributed by atoms with Gasteiger partial charge in [0.2, 0.25) is 0 Å². The van der Waals surface area contributed by atoms with Crippen molar-refractivity contribution in [2.24, 2.45) is 0 Å². The lowest BCUT2D eigenvalue weighted by Gasteiger charge is -2.36. The summed E-state index contributed by atoms with van der Waals surface area (Å²) in [6.45, 7) is 22.4. The summed E-state index contributed by atoms with van der Waals surface area (Å²) in [6, 6.07) is 10.0. The predicted octanol–water partition coefficient (Wildman–Crippen LogP) is 6.72. The van der Waals surface area contributed by atoms with Crippen LogP contribution >= 0.6 is 0 Å². The summed E-state index contributed by atoms with van der Waals surface area (Å²) in [6.07, 6.45) is 5.63. The van der Waals surface area contributed by atoms with Gasteiger partial charge in [0.05, 0.1) is 12.0 Å². The van der Waals surface area contributed by atoms with Crippen LogP contribution in [-0.4, -0.2) is 35.7 Å². The summed E-state index contributed by atoms with van der Waals surface area (Å²) >= 11 is 0. The normalized spacial score (nSPS) is 13.7. The van der Waals surface area contributed by atoms with Crippen LogP contribution in [0, 0.1) is 0 Å². The zero-order valence-corrected chi connectivity index (χ0v) is 25.5. The van der Waals surface area contributed by atoms with Crippen LogP contribution in [0.5, 0.6) is 0 Å². The van der Waals surface area contributed by atoms with Crippen molar-refractivity contribution in [3.63, 3.8) is 0 Å². The number of fused-ring (bicyclic) bond motifs is 1. The lowest BCUT2D eigenvalue weighted by molar-refractivity contribution is 0.206. The first-order chi connectivity index (χ1) is 16.5. The van der Waals surface area contributed by atoms with Crippen molar-refractivity contribution in [2.45, 2.75) is 91.3 Å². The molecular formula is C27H42N4O3Si2. The first-order valence-electron chi connectivity index (χ1n) is 12.5. The minimum Gasteiger partial charge on any atom is -0.399 e. The fourth-order valence-corrected chi connectivity index (χ4v) is 4.85. The Morgan fingerprint density at radius 1 is 0.861 bits per heavy atom. The highest BCUT2D eigenvalue weighted by atomic mass is 28.4. The second-order valence-electron chi connectivity index (χ2n) is 12.4. The molecule has 0 unspecified atom stereocenters. The smallest absolute Gasteiger partial charge is 0.352 e. The minimum absolute atomic E-state index is 0.0246. The lowest BCUT2D eigenvalue weighted by Crippen LogP contribution is -2.42. The maximum Gasteiger partial charge on any atom is 0.352 e. The molecule has 0 saturated carbocycles. The molecule has 0 atom stereocenters. The molecule has 0 bridgehead atoms. The van der Waals surface area contributed by atoms with Crippen LogP contribution < -0.4 is 5.69 Å². The number of rotatable bonds is 8. The third kappa shape index (κ3) is 6.13. The Kier molecular flexibility index (Phi) is 8.00. The van der Waals surface area contributed by atoms with Crippen molar-refractivity contribution in [1.29, 1.82) is 0 Å². The van der Waals surface area contributed by atoms with E-state index in [0.717, 1.165) is 5.56 Å². The van der Waals surface area contributed by atoms with Crippen molar-refractivity contribution < 1.29 is 8.85 Å². The minimum atomic E-state index is -2.09. The van der Waals surface area contributed by atoms with E-state index < -0.39 is 16.6 Å². The summed E-state index contributed by atoms with van der Waals surface area (Å²) in [7, 11) is -4.07. The molecule has 36 heavy (non-hydrogen) atoms. The molecular weight excluding hydrogens is 484 g/mol. The number of aromatic nitrogens is 4. The van der Waals surface area contributed by atoms with E-state index in [0.29, 0.717) is 23.6 Å². The summed E-state index contributed by atoms with van der Waals surface area (Å²) in [5, 5.41) is 0.102. The molecule has 2 aromatic heterocycles. The van der Waals surface area contributed by atoms with Crippen LogP contribution in [0.4, 0.5) is 0 Å². The van der Waals surface area contributed by atoms with E-state index in [-0.39, 0.29) is 22.5 Å². The van der Waals surface area contributed by atoms with Crippen molar-refractivity contribution in [2.75, 3.05) is 0 Å². The Hall–Kier alpha value is -2.34. The standard InChI is InChI=1S/C27H42N4O3Si2/c1-26(2,3)35(7,8)33-19-30-18-28-23-22(17-16-21-14-12-11-13-15-21)31(25(32)29-24(23)30)20-34-36(9,10)27(4,5)6/h11-18H,19-20H2,1-10H3/b17-16+. The van der Waals surface area contributed by atoms with Crippen molar-refractivity contribution in [3.05, 3.63) is 58.4 Å². The highest BCUT2D eigenvalue weighted by molar-refractivity contribution is 6.74. The second-order valence-corrected chi connectivity index (χ2v) is 22.0. The fourth-order valence-electron chi connectivity index (χ4n) is 3.07. The molecule has 0 spiro atoms. The van der Waals surface area contributed by atoms with Gasteiger partial charge in [-0.3, -0.25) is 9.13 Å². The Bertz CT molecular complexity index is 1280. The Labute approximate surface area is 217 Å². The molecule has 0 saturated heterocycles. The second kappa shape index (κ2) is 10.2. The monoisotopic (exact) mass is 526 g/mol. The molecule has 0 aliphatic heterocycles. The van der Waals surface area contributed by atoms with Crippen LogP contribution in [0.1, 0.15) is 52.8 Å². The predicted molar refractivity (Wildman–Crippen MR) is 154 cm³/mol. The zero-order valence-electron chi connectivity index (χ0n) is 23.5. The van der Waals surface area contributed by atoms with Gasteiger partial charge in [0, 0.05) is 0 Å². The van der Waals surface area contributed by atoms with E-state index in [1.165, 1.54) is 0 Å². The van der Waals surface area contributed by atoms with Gasteiger partial charge in [-0.2, -0.15) is 4.98 Å². The molecule has 3 aromatic rings. The number of imidazole rings is 1. The van der Waals surface area contributed by atoms with Crippen molar-refractivity contribution in [3.8, 4) is 0 Å². The van der Waals surface area contributed by atoms with Gasteiger partial charge >= 0.3 is 5.69 Å². The van der Waals surface area contributed by atoms with E-state index in [2.05, 4.69) is 77.7 Å². The van der Waals surface area contributed by atoms with Gasteiger partial charge in [0.25, 0.3) is 0 Å². The molecule has 0 N–H and O–H groups in total. The number of benzene rings is 1. The largest absolute Gasteiger partial charge is 0.399 e. The lowest BCUT2D eigenvalue weighted by atomic mass is 10.2. The molecule has 0 fully saturated rings. The van der Waals surface area contributed by atoms with E-state index in [4.69, 9.17) is 8.85 Å². The first kappa shape index (κ1) is 28.2. The number of hydrogen-bond acceptors (Lipinski definition) is 5. The molecule has 7 nitrogen and oxygen atoms in total. The van der Waals surface area contributed by atoms with Gasteiger partial charge in [-0.05, 0) is 47.9 Å². The van der Waals surface area contributed by atoms with E-state index >= 15 is 0 Å². The average Bonchev–Trinajstić information content (AvgIpc) is 3.16. The number of nitrogens with zero attached hydrogens (tertiary/aromatic N) is 4. The Morgan fingerprint density at radius 3 is 1.97 bits per heavy atom. The molecule has 0 aliphatic carbocycles. The highest BCUT2D eigenvalue weighted by Gasteiger charge is 2.38. The van der Waals surface area contributed by atoms with Gasteiger partial charge in [0.1, 0.15) is 19.0 Å². The van der Waals surface area contributed by atoms with Crippen LogP contribution in [0.3, 0.4) is 0 Å². The molecule has 196 valence electrons. The summed E-state index contributed by atoms with van der Waals surface area (Å²) in [5.74, 6) is 0. The van der Waals surface area contributed by atoms with E-state index in [9.17, 15) is 4.79 Å². The molecule has 0 amide bonds. The van der Waals surface area contributed by atoms with Crippen LogP contribution in [-0.2, 0) is 22.3 Å². The first-order valence-corrected chi connectivity index (χ1v) is 18.3. The fraction of sp³-hybridized carbons (Fsp3) is 0.519. The summed E-state index contributed by atoms with van der Waals surface area (Å²) < 4.78 is 16.2. The Balaban J connectivity index is 2.06. The molecule has 3 rings (SSSR count). The number of hydrogen-bond donors (Lipinski definition) is 0. The highest BCUT2D eigenvalue weighted by Crippen LogP contribution is 2.37. The van der Waals surface area contributed by atoms with Crippen LogP contribution in [0.15, 0.2) is 41.5 Å². The third-order valence-electron chi connectivity index (χ3n) is 7.74. The van der Waals surface area contributed by atoms with Crippen LogP contribution in [0.25, 0.3) is 23.3 Å². The van der Waals surface area contributed by atoms with Gasteiger partial charge in [0.15, 0.2) is 22.3 Å². The van der Waals surface area contributed by atoms with Crippen LogP contribution in [0.2, 0.25) is 36.3 Å². The topological polar surface area (TPSA) is 71.2 Å². The van der Waals surface area contributed by atoms with Crippen molar-refractivity contribution in [1.82, 2.24) is 19.1 Å². The van der Waals surface area contributed by atoms with E-state index in [1.54, 1.807) is 10.9 Å². The third-order valence-corrected chi connectivity index (χ3v) is 16.7. The SMILES string of the molecule is CC(C)(C)[Si](C)(C)OCn1c(/C=C/c2ccccc2)c2ncn(CO[Si](C)(C)C(C)(C)C)c2nc1=O. The van der Waals surface area contributed by atoms with Crippen molar-refractivity contribution >= 4 is 40.0 Å². The average molecular weight is 527 g/mol. The molecule has 2 heterocycles. The molecule has 0 aliphatic rings. The molecule has 0 radical (unpaired) electrons. The Morgan fingerprint density at radius 2 is 1.42 bits per heavy atom. The maximum absolute atomic E-state index is 13.3. The molecule has 9 heteroatoms. The van der Waals surface area contributed by atoms with E-state index in [1.807, 2.05) is 47.1 Å². The summed E-state index contributed by atoms with van der Waals surface area (Å²) in [4.78, 5) is 22.4. The zero-order chi connectivity index (χ0) is 26.9. The quantitative estimate of drug-likeness (QED) is 0.305.